The fourth-order valence-corrected chi connectivity index (χ4v) is 3.66. The van der Waals surface area contributed by atoms with Gasteiger partial charge in [0.05, 0.1) is 5.69 Å². The number of hydrogen-bond donors (Lipinski definition) is 0. The minimum atomic E-state index is -0.938. The molecule has 5 rings (SSSR count). The molecule has 0 amide bonds. The Labute approximate surface area is 187 Å². The van der Waals surface area contributed by atoms with Crippen LogP contribution in [0.5, 0.6) is 17.6 Å². The van der Waals surface area contributed by atoms with Crippen molar-refractivity contribution in [1.29, 1.82) is 0 Å². The highest BCUT2D eigenvalue weighted by Gasteiger charge is 2.18. The second-order valence-corrected chi connectivity index (χ2v) is 7.54. The van der Waals surface area contributed by atoms with Gasteiger partial charge < -0.3 is 13.9 Å². The highest BCUT2D eigenvalue weighted by atomic mass is 19.1. The molecule has 0 saturated carbocycles. The second kappa shape index (κ2) is 8.87. The van der Waals surface area contributed by atoms with Crippen molar-refractivity contribution < 1.29 is 22.7 Å². The Morgan fingerprint density at radius 1 is 0.970 bits per heavy atom. The van der Waals surface area contributed by atoms with Gasteiger partial charge in [0.2, 0.25) is 0 Å². The summed E-state index contributed by atoms with van der Waals surface area (Å²) in [6, 6.07) is 17.9. The summed E-state index contributed by atoms with van der Waals surface area (Å²) in [4.78, 5) is 14.4. The smallest absolute Gasteiger partial charge is 0.444 e. The normalized spacial score (nSPS) is 13.2. The standard InChI is InChI=1S/C24H19F2N3O4/c25-18-5-10-22(21(26)13-18)32-23-27-29(24(30)33-23)19-6-8-20(9-7-19)31-12-11-28-14-16-3-1-2-4-17(16)15-28/h1-10,13H,11-12,14-15H2. The highest BCUT2D eigenvalue weighted by molar-refractivity contribution is 5.36. The van der Waals surface area contributed by atoms with Gasteiger partial charge in [0, 0.05) is 25.7 Å². The van der Waals surface area contributed by atoms with E-state index in [0.29, 0.717) is 24.1 Å². The Balaban J connectivity index is 1.19. The van der Waals surface area contributed by atoms with Crippen molar-refractivity contribution in [3.8, 4) is 23.3 Å². The lowest BCUT2D eigenvalue weighted by molar-refractivity contribution is 0.211. The van der Waals surface area contributed by atoms with E-state index in [4.69, 9.17) is 13.9 Å². The third-order valence-corrected chi connectivity index (χ3v) is 5.28. The minimum absolute atomic E-state index is 0.311. The van der Waals surface area contributed by atoms with Crippen LogP contribution in [0.3, 0.4) is 0 Å². The zero-order chi connectivity index (χ0) is 22.8. The van der Waals surface area contributed by atoms with Gasteiger partial charge in [-0.3, -0.25) is 4.90 Å². The lowest BCUT2D eigenvalue weighted by Crippen LogP contribution is -2.22. The first-order chi connectivity index (χ1) is 16.0. The van der Waals surface area contributed by atoms with Crippen LogP contribution in [0, 0.1) is 11.6 Å². The number of hydrogen-bond acceptors (Lipinski definition) is 6. The topological polar surface area (TPSA) is 69.7 Å². The highest BCUT2D eigenvalue weighted by Crippen LogP contribution is 2.24. The molecule has 4 aromatic rings. The third-order valence-electron chi connectivity index (χ3n) is 5.28. The minimum Gasteiger partial charge on any atom is -0.492 e. The summed E-state index contributed by atoms with van der Waals surface area (Å²) in [5.74, 6) is -2.16. The number of benzene rings is 3. The molecule has 0 bridgehead atoms. The molecule has 2 heterocycles. The van der Waals surface area contributed by atoms with Crippen LogP contribution in [0.15, 0.2) is 75.9 Å². The van der Waals surface area contributed by atoms with E-state index in [1.807, 2.05) is 0 Å². The lowest BCUT2D eigenvalue weighted by Gasteiger charge is -2.15. The van der Waals surface area contributed by atoms with Gasteiger partial charge in [-0.25, -0.2) is 13.6 Å². The van der Waals surface area contributed by atoms with Crippen LogP contribution < -0.4 is 15.2 Å². The molecule has 0 aliphatic carbocycles. The molecule has 7 nitrogen and oxygen atoms in total. The average molecular weight is 451 g/mol. The van der Waals surface area contributed by atoms with E-state index in [2.05, 4.69) is 34.3 Å². The number of aromatic nitrogens is 2. The summed E-state index contributed by atoms with van der Waals surface area (Å²) in [6.45, 7) is 3.15. The average Bonchev–Trinajstić information content (AvgIpc) is 3.39. The SMILES string of the molecule is O=c1oc(Oc2ccc(F)cc2F)nn1-c1ccc(OCCN2Cc3ccccc3C2)cc1. The predicted molar refractivity (Wildman–Crippen MR) is 115 cm³/mol. The summed E-state index contributed by atoms with van der Waals surface area (Å²) in [6.07, 6.45) is -0.461. The maximum Gasteiger partial charge on any atom is 0.444 e. The number of halogens is 2. The van der Waals surface area contributed by atoms with Crippen molar-refractivity contribution in [3.05, 3.63) is 100 Å². The van der Waals surface area contributed by atoms with Crippen LogP contribution in [0.1, 0.15) is 11.1 Å². The first-order valence-corrected chi connectivity index (χ1v) is 10.3. The lowest BCUT2D eigenvalue weighted by atomic mass is 10.1. The van der Waals surface area contributed by atoms with Crippen LogP contribution in [0.25, 0.3) is 5.69 Å². The second-order valence-electron chi connectivity index (χ2n) is 7.54. The summed E-state index contributed by atoms with van der Waals surface area (Å²) in [5.41, 5.74) is 3.12. The quantitative estimate of drug-likeness (QED) is 0.418. The third kappa shape index (κ3) is 4.63. The van der Waals surface area contributed by atoms with Gasteiger partial charge in [-0.1, -0.05) is 29.4 Å². The van der Waals surface area contributed by atoms with Gasteiger partial charge in [0.25, 0.3) is 0 Å². The van der Waals surface area contributed by atoms with Gasteiger partial charge in [0.15, 0.2) is 11.6 Å². The maximum absolute atomic E-state index is 13.7. The largest absolute Gasteiger partial charge is 0.492 e. The van der Waals surface area contributed by atoms with Gasteiger partial charge >= 0.3 is 11.8 Å². The molecule has 1 aromatic heterocycles. The Bertz CT molecular complexity index is 1310. The molecule has 0 unspecified atom stereocenters. The van der Waals surface area contributed by atoms with Crippen molar-refractivity contribution >= 4 is 0 Å². The zero-order valence-electron chi connectivity index (χ0n) is 17.4. The molecule has 3 aromatic carbocycles. The molecule has 1 aliphatic rings. The number of nitrogens with zero attached hydrogens (tertiary/aromatic N) is 3. The van der Waals surface area contributed by atoms with Crippen molar-refractivity contribution in [3.63, 3.8) is 0 Å². The molecule has 168 valence electrons. The first-order valence-electron chi connectivity index (χ1n) is 10.3. The molecule has 33 heavy (non-hydrogen) atoms. The fourth-order valence-electron chi connectivity index (χ4n) is 3.66. The fraction of sp³-hybridized carbons (Fsp3) is 0.167. The summed E-state index contributed by atoms with van der Waals surface area (Å²) < 4.78 is 43.6. The van der Waals surface area contributed by atoms with Gasteiger partial charge in [0.1, 0.15) is 18.2 Å². The summed E-state index contributed by atoms with van der Waals surface area (Å²) in [5, 5.41) is 3.91. The Morgan fingerprint density at radius 3 is 2.39 bits per heavy atom. The van der Waals surface area contributed by atoms with Crippen LogP contribution in [0.4, 0.5) is 8.78 Å². The molecular weight excluding hydrogens is 432 g/mol. The van der Waals surface area contributed by atoms with Crippen molar-refractivity contribution in [1.82, 2.24) is 14.7 Å². The molecule has 9 heteroatoms. The van der Waals surface area contributed by atoms with E-state index in [1.54, 1.807) is 24.3 Å². The van der Waals surface area contributed by atoms with E-state index in [-0.39, 0.29) is 5.75 Å². The summed E-state index contributed by atoms with van der Waals surface area (Å²) >= 11 is 0. The van der Waals surface area contributed by atoms with E-state index in [1.165, 1.54) is 11.1 Å². The van der Waals surface area contributed by atoms with Crippen LogP contribution in [-0.4, -0.2) is 27.8 Å². The van der Waals surface area contributed by atoms with Crippen LogP contribution in [0.2, 0.25) is 0 Å². The molecule has 0 N–H and O–H groups in total. The zero-order valence-corrected chi connectivity index (χ0v) is 17.4. The number of fused-ring (bicyclic) bond motifs is 1. The van der Waals surface area contributed by atoms with Gasteiger partial charge in [-0.15, -0.1) is 0 Å². The predicted octanol–water partition coefficient (Wildman–Crippen LogP) is 4.29. The van der Waals surface area contributed by atoms with E-state index < -0.39 is 23.5 Å². The molecular formula is C24H19F2N3O4. The Morgan fingerprint density at radius 2 is 1.70 bits per heavy atom. The molecule has 0 spiro atoms. The maximum atomic E-state index is 13.7. The summed E-state index contributed by atoms with van der Waals surface area (Å²) in [7, 11) is 0. The van der Waals surface area contributed by atoms with Crippen LogP contribution >= 0.6 is 0 Å². The van der Waals surface area contributed by atoms with E-state index >= 15 is 0 Å². The van der Waals surface area contributed by atoms with Gasteiger partial charge in [-0.05, 0) is 47.5 Å². The number of ether oxygens (including phenoxy) is 2. The molecule has 0 radical (unpaired) electrons. The van der Waals surface area contributed by atoms with Crippen molar-refractivity contribution in [2.45, 2.75) is 13.1 Å². The Kier molecular flexibility index (Phi) is 5.62. The van der Waals surface area contributed by atoms with E-state index in [9.17, 15) is 13.6 Å². The molecule has 0 saturated heterocycles. The van der Waals surface area contributed by atoms with Crippen molar-refractivity contribution in [2.75, 3.05) is 13.2 Å². The number of rotatable bonds is 7. The monoisotopic (exact) mass is 451 g/mol. The Hall–Kier alpha value is -3.98. The van der Waals surface area contributed by atoms with Crippen molar-refractivity contribution in [2.24, 2.45) is 0 Å². The van der Waals surface area contributed by atoms with E-state index in [0.717, 1.165) is 36.4 Å². The molecule has 0 fully saturated rings. The van der Waals surface area contributed by atoms with Crippen LogP contribution in [-0.2, 0) is 13.1 Å². The van der Waals surface area contributed by atoms with Gasteiger partial charge in [-0.2, -0.15) is 4.68 Å². The first kappa shape index (κ1) is 20.9. The molecule has 0 atom stereocenters. The molecule has 1 aliphatic heterocycles.